The predicted octanol–water partition coefficient (Wildman–Crippen LogP) is 5.06. The van der Waals surface area contributed by atoms with Crippen molar-refractivity contribution in [3.05, 3.63) is 96.4 Å². The lowest BCUT2D eigenvalue weighted by atomic mass is 10.1. The van der Waals surface area contributed by atoms with Crippen molar-refractivity contribution in [2.75, 3.05) is 16.8 Å². The van der Waals surface area contributed by atoms with Gasteiger partial charge in [0.05, 0.1) is 11.3 Å². The quantitative estimate of drug-likeness (QED) is 0.472. The number of aromatic nitrogens is 2. The van der Waals surface area contributed by atoms with Crippen molar-refractivity contribution < 1.29 is 14.0 Å². The molecule has 0 bridgehead atoms. The summed E-state index contributed by atoms with van der Waals surface area (Å²) in [6.07, 6.45) is 3.03. The molecular formula is C26H21FN4O2. The summed E-state index contributed by atoms with van der Waals surface area (Å²) < 4.78 is 15.1. The Morgan fingerprint density at radius 3 is 2.42 bits per heavy atom. The van der Waals surface area contributed by atoms with E-state index in [-0.39, 0.29) is 17.6 Å². The van der Waals surface area contributed by atoms with Gasteiger partial charge in [-0.05, 0) is 61.0 Å². The first kappa shape index (κ1) is 20.6. The van der Waals surface area contributed by atoms with E-state index in [1.54, 1.807) is 40.0 Å². The molecule has 0 spiro atoms. The molecule has 0 aliphatic carbocycles. The Balaban J connectivity index is 1.49. The van der Waals surface area contributed by atoms with Gasteiger partial charge in [0.25, 0.3) is 5.91 Å². The molecule has 4 aromatic rings. The van der Waals surface area contributed by atoms with Crippen LogP contribution in [0, 0.1) is 5.82 Å². The largest absolute Gasteiger partial charge is 0.322 e. The average molecular weight is 440 g/mol. The van der Waals surface area contributed by atoms with Gasteiger partial charge in [0.15, 0.2) is 0 Å². The molecule has 7 heteroatoms. The molecule has 164 valence electrons. The number of hydrogen-bond acceptors (Lipinski definition) is 3. The molecule has 5 rings (SSSR count). The van der Waals surface area contributed by atoms with Gasteiger partial charge in [-0.15, -0.1) is 0 Å². The maximum absolute atomic E-state index is 13.5. The van der Waals surface area contributed by atoms with Gasteiger partial charge in [0.2, 0.25) is 5.91 Å². The molecule has 33 heavy (non-hydrogen) atoms. The van der Waals surface area contributed by atoms with Crippen LogP contribution >= 0.6 is 0 Å². The lowest BCUT2D eigenvalue weighted by molar-refractivity contribution is -0.117. The van der Waals surface area contributed by atoms with Gasteiger partial charge >= 0.3 is 0 Å². The summed E-state index contributed by atoms with van der Waals surface area (Å²) in [7, 11) is 0. The smallest absolute Gasteiger partial charge is 0.259 e. The summed E-state index contributed by atoms with van der Waals surface area (Å²) >= 11 is 0. The second kappa shape index (κ2) is 8.70. The minimum Gasteiger partial charge on any atom is -0.322 e. The second-order valence-electron chi connectivity index (χ2n) is 7.83. The van der Waals surface area contributed by atoms with Gasteiger partial charge < -0.3 is 10.2 Å². The van der Waals surface area contributed by atoms with Crippen LogP contribution < -0.4 is 10.2 Å². The third kappa shape index (κ3) is 4.25. The SMILES string of the molecule is O=C(Nc1cccc(N2CCCC2=O)c1)c1cn(-c2ccccc2)nc1-c1ccc(F)cc1. The van der Waals surface area contributed by atoms with E-state index in [4.69, 9.17) is 0 Å². The maximum Gasteiger partial charge on any atom is 0.259 e. The van der Waals surface area contributed by atoms with Crippen molar-refractivity contribution in [3.63, 3.8) is 0 Å². The molecule has 2 heterocycles. The monoisotopic (exact) mass is 440 g/mol. The third-order valence-electron chi connectivity index (χ3n) is 5.59. The molecule has 2 amide bonds. The molecule has 1 fully saturated rings. The van der Waals surface area contributed by atoms with E-state index >= 15 is 0 Å². The fourth-order valence-corrected chi connectivity index (χ4v) is 3.95. The standard InChI is InChI=1S/C26H21FN4O2/c27-19-13-11-18(12-14-19)25-23(17-31(29-25)21-7-2-1-3-8-21)26(33)28-20-6-4-9-22(16-20)30-15-5-10-24(30)32/h1-4,6-9,11-14,16-17H,5,10,15H2,(H,28,33). The second-order valence-corrected chi connectivity index (χ2v) is 7.83. The summed E-state index contributed by atoms with van der Waals surface area (Å²) in [6.45, 7) is 0.675. The molecule has 1 aromatic heterocycles. The Hall–Kier alpha value is -4.26. The molecule has 1 aliphatic heterocycles. The summed E-state index contributed by atoms with van der Waals surface area (Å²) in [5.74, 6) is -0.622. The van der Waals surface area contributed by atoms with Crippen LogP contribution in [0.15, 0.2) is 85.1 Å². The van der Waals surface area contributed by atoms with Crippen LogP contribution in [0.1, 0.15) is 23.2 Å². The molecule has 0 unspecified atom stereocenters. The van der Waals surface area contributed by atoms with Crippen LogP contribution in [0.2, 0.25) is 0 Å². The minimum atomic E-state index is -0.361. The van der Waals surface area contributed by atoms with Gasteiger partial charge in [0.1, 0.15) is 11.5 Å². The maximum atomic E-state index is 13.5. The predicted molar refractivity (Wildman–Crippen MR) is 125 cm³/mol. The summed E-state index contributed by atoms with van der Waals surface area (Å²) in [5.41, 5.74) is 3.57. The van der Waals surface area contributed by atoms with E-state index in [0.29, 0.717) is 35.5 Å². The van der Waals surface area contributed by atoms with Crippen molar-refractivity contribution >= 4 is 23.2 Å². The van der Waals surface area contributed by atoms with Crippen LogP contribution in [0.5, 0.6) is 0 Å². The number of benzene rings is 3. The van der Waals surface area contributed by atoms with Crippen LogP contribution in [0.3, 0.4) is 0 Å². The van der Waals surface area contributed by atoms with Crippen molar-refractivity contribution in [2.45, 2.75) is 12.8 Å². The first-order valence-corrected chi connectivity index (χ1v) is 10.7. The number of nitrogens with one attached hydrogen (secondary N) is 1. The number of amides is 2. The van der Waals surface area contributed by atoms with E-state index in [9.17, 15) is 14.0 Å². The lowest BCUT2D eigenvalue weighted by Gasteiger charge is -2.16. The molecule has 1 saturated heterocycles. The van der Waals surface area contributed by atoms with E-state index in [2.05, 4.69) is 10.4 Å². The number of carbonyl (C=O) groups is 2. The van der Waals surface area contributed by atoms with Crippen molar-refractivity contribution in [2.24, 2.45) is 0 Å². The Bertz CT molecular complexity index is 1320. The summed E-state index contributed by atoms with van der Waals surface area (Å²) in [6, 6.07) is 22.6. The molecule has 1 N–H and O–H groups in total. The van der Waals surface area contributed by atoms with Crippen molar-refractivity contribution in [1.82, 2.24) is 9.78 Å². The Kier molecular flexibility index (Phi) is 5.44. The van der Waals surface area contributed by atoms with Gasteiger partial charge in [-0.2, -0.15) is 5.10 Å². The van der Waals surface area contributed by atoms with Crippen molar-refractivity contribution in [1.29, 1.82) is 0 Å². The highest BCUT2D eigenvalue weighted by atomic mass is 19.1. The van der Waals surface area contributed by atoms with E-state index in [1.165, 1.54) is 12.1 Å². The highest BCUT2D eigenvalue weighted by Crippen LogP contribution is 2.27. The number of rotatable bonds is 5. The zero-order valence-corrected chi connectivity index (χ0v) is 17.7. The Morgan fingerprint density at radius 2 is 1.70 bits per heavy atom. The minimum absolute atomic E-state index is 0.0845. The van der Waals surface area contributed by atoms with Gasteiger partial charge in [0, 0.05) is 36.1 Å². The normalized spacial score (nSPS) is 13.4. The Morgan fingerprint density at radius 1 is 0.939 bits per heavy atom. The van der Waals surface area contributed by atoms with Gasteiger partial charge in [-0.25, -0.2) is 9.07 Å². The number of carbonyl (C=O) groups excluding carboxylic acids is 2. The molecule has 3 aromatic carbocycles. The van der Waals surface area contributed by atoms with E-state index in [1.807, 2.05) is 42.5 Å². The lowest BCUT2D eigenvalue weighted by Crippen LogP contribution is -2.23. The number of para-hydroxylation sites is 1. The molecule has 0 atom stereocenters. The van der Waals surface area contributed by atoms with Gasteiger partial charge in [-0.1, -0.05) is 24.3 Å². The highest BCUT2D eigenvalue weighted by molar-refractivity contribution is 6.08. The summed E-state index contributed by atoms with van der Waals surface area (Å²) in [4.78, 5) is 27.1. The molecular weight excluding hydrogens is 419 g/mol. The van der Waals surface area contributed by atoms with Crippen LogP contribution in [-0.2, 0) is 4.79 Å². The highest BCUT2D eigenvalue weighted by Gasteiger charge is 2.23. The van der Waals surface area contributed by atoms with E-state index in [0.717, 1.165) is 17.8 Å². The Labute approximate surface area is 190 Å². The average Bonchev–Trinajstić information content (AvgIpc) is 3.47. The number of hydrogen-bond donors (Lipinski definition) is 1. The number of nitrogens with zero attached hydrogens (tertiary/aromatic N) is 3. The topological polar surface area (TPSA) is 67.2 Å². The fraction of sp³-hybridized carbons (Fsp3) is 0.115. The van der Waals surface area contributed by atoms with Crippen LogP contribution in [0.25, 0.3) is 16.9 Å². The van der Waals surface area contributed by atoms with E-state index < -0.39 is 0 Å². The first-order valence-electron chi connectivity index (χ1n) is 10.7. The molecule has 0 saturated carbocycles. The fourth-order valence-electron chi connectivity index (χ4n) is 3.95. The third-order valence-corrected chi connectivity index (χ3v) is 5.59. The van der Waals surface area contributed by atoms with Crippen molar-refractivity contribution in [3.8, 4) is 16.9 Å². The van der Waals surface area contributed by atoms with Crippen LogP contribution in [-0.4, -0.2) is 28.1 Å². The van der Waals surface area contributed by atoms with Gasteiger partial charge in [-0.3, -0.25) is 9.59 Å². The molecule has 6 nitrogen and oxygen atoms in total. The zero-order chi connectivity index (χ0) is 22.8. The van der Waals surface area contributed by atoms with Crippen LogP contribution in [0.4, 0.5) is 15.8 Å². The first-order chi connectivity index (χ1) is 16.1. The molecule has 0 radical (unpaired) electrons. The number of halogens is 1. The zero-order valence-electron chi connectivity index (χ0n) is 17.7. The molecule has 1 aliphatic rings. The number of anilines is 2. The summed E-state index contributed by atoms with van der Waals surface area (Å²) in [5, 5.41) is 7.53.